The lowest BCUT2D eigenvalue weighted by molar-refractivity contribution is -0.387. The number of nitro groups is 1. The molecule has 3 heterocycles. The summed E-state index contributed by atoms with van der Waals surface area (Å²) in [5, 5.41) is 15.3. The molecule has 1 aliphatic rings. The van der Waals surface area contributed by atoms with Crippen LogP contribution in [0.3, 0.4) is 0 Å². The number of hydrogen-bond donors (Lipinski definition) is 1. The summed E-state index contributed by atoms with van der Waals surface area (Å²) in [6.07, 6.45) is 6.04. The van der Waals surface area contributed by atoms with Crippen molar-refractivity contribution >= 4 is 28.2 Å². The quantitative estimate of drug-likeness (QED) is 0.352. The summed E-state index contributed by atoms with van der Waals surface area (Å²) in [5.74, 6) is -0.566. The van der Waals surface area contributed by atoms with Gasteiger partial charge >= 0.3 is 5.69 Å². The summed E-state index contributed by atoms with van der Waals surface area (Å²) < 4.78 is 16.2. The summed E-state index contributed by atoms with van der Waals surface area (Å²) >= 11 is 0. The van der Waals surface area contributed by atoms with Crippen molar-refractivity contribution in [3.63, 3.8) is 0 Å². The molecule has 2 aromatic heterocycles. The number of aryl methyl sites for hydroxylation is 4. The Morgan fingerprint density at radius 1 is 1.23 bits per heavy atom. The van der Waals surface area contributed by atoms with Crippen LogP contribution in [-0.4, -0.2) is 19.5 Å². The summed E-state index contributed by atoms with van der Waals surface area (Å²) in [7, 11) is 0. The Bertz CT molecular complexity index is 1360. The molecule has 0 atom stereocenters. The molecular formula is C23H20FN5O2. The number of rotatable bonds is 4. The lowest BCUT2D eigenvalue weighted by Gasteiger charge is -2.14. The first kappa shape index (κ1) is 19.2. The van der Waals surface area contributed by atoms with Gasteiger partial charge in [0.1, 0.15) is 0 Å². The lowest BCUT2D eigenvalue weighted by atomic mass is 10.0. The van der Waals surface area contributed by atoms with Crippen molar-refractivity contribution < 1.29 is 9.31 Å². The van der Waals surface area contributed by atoms with E-state index in [1.54, 1.807) is 13.1 Å². The van der Waals surface area contributed by atoms with Gasteiger partial charge in [-0.25, -0.2) is 9.97 Å². The fourth-order valence-corrected chi connectivity index (χ4v) is 4.28. The van der Waals surface area contributed by atoms with Crippen molar-refractivity contribution in [3.8, 4) is 11.3 Å². The van der Waals surface area contributed by atoms with Crippen molar-refractivity contribution in [2.45, 2.75) is 33.2 Å². The third-order valence-electron chi connectivity index (χ3n) is 5.79. The van der Waals surface area contributed by atoms with Crippen LogP contribution in [-0.2, 0) is 13.0 Å². The molecule has 0 radical (unpaired) electrons. The minimum absolute atomic E-state index is 0.302. The first-order chi connectivity index (χ1) is 14.9. The van der Waals surface area contributed by atoms with Gasteiger partial charge in [0.05, 0.1) is 21.8 Å². The van der Waals surface area contributed by atoms with Crippen molar-refractivity contribution in [1.29, 1.82) is 0 Å². The molecule has 1 N–H and O–H groups in total. The molecular weight excluding hydrogens is 397 g/mol. The zero-order valence-corrected chi connectivity index (χ0v) is 17.1. The number of benzene rings is 2. The Morgan fingerprint density at radius 3 is 2.87 bits per heavy atom. The normalized spacial score (nSPS) is 12.9. The van der Waals surface area contributed by atoms with E-state index >= 15 is 0 Å². The van der Waals surface area contributed by atoms with E-state index < -0.39 is 16.4 Å². The zero-order chi connectivity index (χ0) is 21.7. The van der Waals surface area contributed by atoms with Crippen LogP contribution in [0.25, 0.3) is 22.2 Å². The van der Waals surface area contributed by atoms with Gasteiger partial charge in [-0.15, -0.1) is 0 Å². The van der Waals surface area contributed by atoms with Crippen molar-refractivity contribution in [2.75, 3.05) is 5.32 Å². The van der Waals surface area contributed by atoms with Gasteiger partial charge in [-0.3, -0.25) is 10.1 Å². The number of para-hydroxylation sites is 1. The smallest absolute Gasteiger partial charge is 0.306 e. The first-order valence-electron chi connectivity index (χ1n) is 10.1. The van der Waals surface area contributed by atoms with Gasteiger partial charge in [-0.1, -0.05) is 18.2 Å². The molecule has 4 aromatic rings. The SMILES string of the molecule is Cc1cc(F)c([N+](=O)[O-])cc1Nc1ncc(C)c(-c2cn3c4c(cccc24)CCC3)n1. The predicted molar refractivity (Wildman–Crippen MR) is 117 cm³/mol. The molecule has 0 spiro atoms. The number of hydrogen-bond acceptors (Lipinski definition) is 5. The van der Waals surface area contributed by atoms with Crippen molar-refractivity contribution in [3.05, 3.63) is 75.3 Å². The van der Waals surface area contributed by atoms with E-state index in [9.17, 15) is 14.5 Å². The van der Waals surface area contributed by atoms with Gasteiger partial charge in [0.2, 0.25) is 11.8 Å². The number of aromatic nitrogens is 3. The Morgan fingerprint density at radius 2 is 2.06 bits per heavy atom. The molecule has 0 bridgehead atoms. The molecule has 0 aliphatic carbocycles. The molecule has 31 heavy (non-hydrogen) atoms. The van der Waals surface area contributed by atoms with E-state index in [4.69, 9.17) is 4.98 Å². The Hall–Kier alpha value is -3.81. The second-order valence-corrected chi connectivity index (χ2v) is 7.88. The van der Waals surface area contributed by atoms with E-state index in [1.807, 2.05) is 6.92 Å². The Balaban J connectivity index is 1.59. The molecule has 1 aliphatic heterocycles. The molecule has 0 fully saturated rings. The molecule has 2 aromatic carbocycles. The third-order valence-corrected chi connectivity index (χ3v) is 5.79. The predicted octanol–water partition coefficient (Wildman–Crippen LogP) is 5.45. The van der Waals surface area contributed by atoms with Gasteiger partial charge < -0.3 is 9.88 Å². The summed E-state index contributed by atoms with van der Waals surface area (Å²) in [6.45, 7) is 4.61. The first-order valence-corrected chi connectivity index (χ1v) is 10.1. The maximum absolute atomic E-state index is 13.9. The summed E-state index contributed by atoms with van der Waals surface area (Å²) in [4.78, 5) is 19.4. The molecule has 0 saturated carbocycles. The number of halogens is 1. The topological polar surface area (TPSA) is 85.9 Å². The van der Waals surface area contributed by atoms with Gasteiger partial charge in [-0.2, -0.15) is 4.39 Å². The van der Waals surface area contributed by atoms with Gasteiger partial charge in [0.15, 0.2) is 0 Å². The second-order valence-electron chi connectivity index (χ2n) is 7.88. The van der Waals surface area contributed by atoms with E-state index in [0.29, 0.717) is 17.2 Å². The van der Waals surface area contributed by atoms with Crippen LogP contribution in [0.5, 0.6) is 0 Å². The van der Waals surface area contributed by atoms with Crippen LogP contribution in [0.15, 0.2) is 42.7 Å². The van der Waals surface area contributed by atoms with Crippen LogP contribution < -0.4 is 5.32 Å². The van der Waals surface area contributed by atoms with Gasteiger partial charge in [0, 0.05) is 36.0 Å². The highest BCUT2D eigenvalue weighted by atomic mass is 19.1. The fraction of sp³-hybridized carbons (Fsp3) is 0.217. The standard InChI is InChI=1S/C23H20FN5O2/c1-13-9-18(24)20(29(30)31)10-19(13)26-23-25-11-14(2)21(27-23)17-12-28-8-4-6-15-5-3-7-16(17)22(15)28/h3,5,7,9-12H,4,6,8H2,1-2H3,(H,25,26,27). The zero-order valence-electron chi connectivity index (χ0n) is 17.1. The minimum atomic E-state index is -0.868. The van der Waals surface area contributed by atoms with Crippen LogP contribution >= 0.6 is 0 Å². The summed E-state index contributed by atoms with van der Waals surface area (Å²) in [6, 6.07) is 8.67. The van der Waals surface area contributed by atoms with Gasteiger partial charge in [-0.05, 0) is 49.4 Å². The van der Waals surface area contributed by atoms with Crippen LogP contribution in [0, 0.1) is 29.8 Å². The van der Waals surface area contributed by atoms with Crippen molar-refractivity contribution in [2.24, 2.45) is 0 Å². The lowest BCUT2D eigenvalue weighted by Crippen LogP contribution is -2.05. The molecule has 0 saturated heterocycles. The maximum Gasteiger partial charge on any atom is 0.306 e. The van der Waals surface area contributed by atoms with Crippen LogP contribution in [0.1, 0.15) is 23.1 Å². The average molecular weight is 417 g/mol. The highest BCUT2D eigenvalue weighted by Crippen LogP contribution is 2.36. The molecule has 156 valence electrons. The van der Waals surface area contributed by atoms with Crippen LogP contribution in [0.4, 0.5) is 21.7 Å². The highest BCUT2D eigenvalue weighted by molar-refractivity contribution is 5.98. The van der Waals surface area contributed by atoms with E-state index in [-0.39, 0.29) is 0 Å². The number of nitrogens with one attached hydrogen (secondary N) is 1. The Kier molecular flexibility index (Phi) is 4.43. The van der Waals surface area contributed by atoms with Crippen LogP contribution in [0.2, 0.25) is 0 Å². The maximum atomic E-state index is 13.9. The number of anilines is 2. The molecule has 0 unspecified atom stereocenters. The largest absolute Gasteiger partial charge is 0.347 e. The highest BCUT2D eigenvalue weighted by Gasteiger charge is 2.20. The Labute approximate surface area is 177 Å². The summed E-state index contributed by atoms with van der Waals surface area (Å²) in [5.41, 5.74) is 5.69. The average Bonchev–Trinajstić information content (AvgIpc) is 3.12. The molecule has 0 amide bonds. The third kappa shape index (κ3) is 3.20. The number of nitro benzene ring substituents is 1. The molecule has 8 heteroatoms. The van der Waals surface area contributed by atoms with E-state index in [1.165, 1.54) is 17.1 Å². The van der Waals surface area contributed by atoms with Crippen molar-refractivity contribution in [1.82, 2.24) is 14.5 Å². The molecule has 7 nitrogen and oxygen atoms in total. The monoisotopic (exact) mass is 417 g/mol. The van der Waals surface area contributed by atoms with E-state index in [0.717, 1.165) is 47.7 Å². The van der Waals surface area contributed by atoms with Gasteiger partial charge in [0.25, 0.3) is 0 Å². The minimum Gasteiger partial charge on any atom is -0.347 e. The molecule has 5 rings (SSSR count). The van der Waals surface area contributed by atoms with E-state index in [2.05, 4.69) is 39.3 Å². The second kappa shape index (κ2) is 7.16. The number of nitrogens with zero attached hydrogens (tertiary/aromatic N) is 4. The fourth-order valence-electron chi connectivity index (χ4n) is 4.28.